The second-order valence-electron chi connectivity index (χ2n) is 8.38. The number of nitrogens with zero attached hydrogens (tertiary/aromatic N) is 5. The van der Waals surface area contributed by atoms with Gasteiger partial charge in [-0.15, -0.1) is 5.10 Å². The normalized spacial score (nSPS) is 20.7. The summed E-state index contributed by atoms with van der Waals surface area (Å²) in [6.07, 6.45) is 5.07. The van der Waals surface area contributed by atoms with Gasteiger partial charge in [-0.1, -0.05) is 60.2 Å². The van der Waals surface area contributed by atoms with Crippen LogP contribution >= 0.6 is 0 Å². The number of aromatic amines is 1. The van der Waals surface area contributed by atoms with Crippen LogP contribution in [0.2, 0.25) is 0 Å². The van der Waals surface area contributed by atoms with Crippen molar-refractivity contribution >= 4 is 0 Å². The molecule has 1 fully saturated rings. The van der Waals surface area contributed by atoms with Gasteiger partial charge in [0, 0.05) is 7.11 Å². The number of H-pyrrole nitrogens is 1. The first-order chi connectivity index (χ1) is 16.1. The van der Waals surface area contributed by atoms with Crippen LogP contribution in [0.1, 0.15) is 43.0 Å². The molecule has 2 aromatic carbocycles. The molecule has 4 aromatic rings. The van der Waals surface area contributed by atoms with Crippen LogP contribution in [-0.2, 0) is 16.9 Å². The first-order valence-corrected chi connectivity index (χ1v) is 11.1. The van der Waals surface area contributed by atoms with Crippen LogP contribution in [0.5, 0.6) is 0 Å². The van der Waals surface area contributed by atoms with Crippen LogP contribution in [0, 0.1) is 0 Å². The maximum absolute atomic E-state index is 13.4. The van der Waals surface area contributed by atoms with E-state index in [-0.39, 0.29) is 0 Å². The lowest BCUT2D eigenvalue weighted by molar-refractivity contribution is -0.0908. The van der Waals surface area contributed by atoms with E-state index in [1.54, 1.807) is 36.1 Å². The molecule has 0 aliphatic heterocycles. The summed E-state index contributed by atoms with van der Waals surface area (Å²) in [7, 11) is 1.63. The first kappa shape index (κ1) is 21.1. The number of para-hydroxylation sites is 1. The summed E-state index contributed by atoms with van der Waals surface area (Å²) in [4.78, 5) is 26.1. The number of rotatable bonds is 6. The molecule has 1 aliphatic carbocycles. The quantitative estimate of drug-likeness (QED) is 0.491. The van der Waals surface area contributed by atoms with Crippen LogP contribution in [0.3, 0.4) is 0 Å². The number of benzene rings is 2. The highest BCUT2D eigenvalue weighted by atomic mass is 16.5. The molecule has 33 heavy (non-hydrogen) atoms. The third kappa shape index (κ3) is 3.74. The zero-order valence-corrected chi connectivity index (χ0v) is 18.4. The SMILES string of the molecule is CO[C@]1(c2cn(Cc3ccccc3)nn2)CCCC[C@H]1n1[nH]c(=O)n(-c2ccccc2)c1=O. The Kier molecular flexibility index (Phi) is 5.55. The molecule has 2 atom stereocenters. The van der Waals surface area contributed by atoms with Crippen molar-refractivity contribution < 1.29 is 4.74 Å². The second kappa shape index (κ2) is 8.67. The fourth-order valence-corrected chi connectivity index (χ4v) is 4.86. The van der Waals surface area contributed by atoms with Gasteiger partial charge in [0.15, 0.2) is 0 Å². The summed E-state index contributed by atoms with van der Waals surface area (Å²) in [5, 5.41) is 11.5. The standard InChI is InChI=1S/C24H26N6O3/c1-33-24(20-17-28(27-25-20)16-18-10-4-2-5-11-18)15-9-8-14-21(24)30-23(32)29(22(31)26-30)19-12-6-3-7-13-19/h2-7,10-13,17,21H,8-9,14-16H2,1H3,(H,26,31)/t21-,24+/m1/s1. The van der Waals surface area contributed by atoms with Crippen molar-refractivity contribution in [1.82, 2.24) is 29.3 Å². The third-order valence-electron chi connectivity index (χ3n) is 6.48. The van der Waals surface area contributed by atoms with E-state index in [4.69, 9.17) is 4.74 Å². The smallest absolute Gasteiger partial charge is 0.351 e. The predicted octanol–water partition coefficient (Wildman–Crippen LogP) is 2.62. The topological polar surface area (TPSA) is 99.7 Å². The first-order valence-electron chi connectivity index (χ1n) is 11.1. The fourth-order valence-electron chi connectivity index (χ4n) is 4.86. The summed E-state index contributed by atoms with van der Waals surface area (Å²) < 4.78 is 10.4. The van der Waals surface area contributed by atoms with E-state index in [0.29, 0.717) is 30.8 Å². The Morgan fingerprint density at radius 1 is 1.06 bits per heavy atom. The van der Waals surface area contributed by atoms with Crippen molar-refractivity contribution in [2.75, 3.05) is 7.11 Å². The highest BCUT2D eigenvalue weighted by molar-refractivity contribution is 5.30. The van der Waals surface area contributed by atoms with Crippen LogP contribution in [-0.4, -0.2) is 36.5 Å². The van der Waals surface area contributed by atoms with Gasteiger partial charge in [0.2, 0.25) is 0 Å². The zero-order valence-electron chi connectivity index (χ0n) is 18.4. The Labute approximate surface area is 190 Å². The Balaban J connectivity index is 1.55. The van der Waals surface area contributed by atoms with Gasteiger partial charge in [0.1, 0.15) is 11.3 Å². The van der Waals surface area contributed by atoms with Gasteiger partial charge >= 0.3 is 11.4 Å². The molecule has 0 spiro atoms. The van der Waals surface area contributed by atoms with Crippen molar-refractivity contribution in [3.05, 3.63) is 99.1 Å². The summed E-state index contributed by atoms with van der Waals surface area (Å²) in [5.74, 6) is 0. The molecule has 1 aliphatic rings. The van der Waals surface area contributed by atoms with E-state index >= 15 is 0 Å². The van der Waals surface area contributed by atoms with E-state index < -0.39 is 23.0 Å². The summed E-state index contributed by atoms with van der Waals surface area (Å²) in [5.41, 5.74) is 0.524. The number of ether oxygens (including phenoxy) is 1. The molecule has 170 valence electrons. The average Bonchev–Trinajstić information content (AvgIpc) is 3.44. The van der Waals surface area contributed by atoms with Gasteiger partial charge in [-0.25, -0.2) is 28.6 Å². The second-order valence-corrected chi connectivity index (χ2v) is 8.38. The predicted molar refractivity (Wildman–Crippen MR) is 122 cm³/mol. The number of hydrogen-bond acceptors (Lipinski definition) is 5. The Morgan fingerprint density at radius 2 is 1.79 bits per heavy atom. The van der Waals surface area contributed by atoms with Gasteiger partial charge in [-0.05, 0) is 37.0 Å². The lowest BCUT2D eigenvalue weighted by atomic mass is 9.78. The van der Waals surface area contributed by atoms with Crippen molar-refractivity contribution in [2.24, 2.45) is 0 Å². The Bertz CT molecular complexity index is 1340. The number of methoxy groups -OCH3 is 1. The highest BCUT2D eigenvalue weighted by Crippen LogP contribution is 2.45. The summed E-state index contributed by atoms with van der Waals surface area (Å²) >= 11 is 0. The van der Waals surface area contributed by atoms with Gasteiger partial charge in [0.05, 0.1) is 24.5 Å². The Hall–Kier alpha value is -3.72. The van der Waals surface area contributed by atoms with Crippen molar-refractivity contribution in [3.63, 3.8) is 0 Å². The minimum Gasteiger partial charge on any atom is -0.370 e. The molecule has 1 saturated carbocycles. The summed E-state index contributed by atoms with van der Waals surface area (Å²) in [6.45, 7) is 0.583. The maximum Gasteiger partial charge on any atom is 0.351 e. The van der Waals surface area contributed by atoms with Crippen LogP contribution in [0.15, 0.2) is 76.4 Å². The molecule has 5 rings (SSSR count). The number of nitrogens with one attached hydrogen (secondary N) is 1. The molecular formula is C24H26N6O3. The largest absolute Gasteiger partial charge is 0.370 e. The maximum atomic E-state index is 13.4. The zero-order chi connectivity index (χ0) is 22.8. The van der Waals surface area contributed by atoms with Crippen molar-refractivity contribution in [3.8, 4) is 5.69 Å². The van der Waals surface area contributed by atoms with Gasteiger partial charge in [-0.3, -0.25) is 0 Å². The molecule has 9 nitrogen and oxygen atoms in total. The van der Waals surface area contributed by atoms with E-state index in [2.05, 4.69) is 15.4 Å². The minimum absolute atomic E-state index is 0.414. The fraction of sp³-hybridized carbons (Fsp3) is 0.333. The monoisotopic (exact) mass is 446 g/mol. The molecule has 0 bridgehead atoms. The third-order valence-corrected chi connectivity index (χ3v) is 6.48. The van der Waals surface area contributed by atoms with Gasteiger partial charge < -0.3 is 4.74 Å². The molecule has 1 N–H and O–H groups in total. The van der Waals surface area contributed by atoms with Crippen molar-refractivity contribution in [2.45, 2.75) is 43.9 Å². The lowest BCUT2D eigenvalue weighted by Crippen LogP contribution is -2.45. The van der Waals surface area contributed by atoms with Gasteiger partial charge in [0.25, 0.3) is 0 Å². The molecule has 0 radical (unpaired) electrons. The van der Waals surface area contributed by atoms with Crippen molar-refractivity contribution in [1.29, 1.82) is 0 Å². The molecule has 2 heterocycles. The molecule has 0 amide bonds. The molecule has 0 saturated heterocycles. The number of hydrogen-bond donors (Lipinski definition) is 1. The molecule has 0 unspecified atom stereocenters. The molecule has 9 heteroatoms. The van der Waals surface area contributed by atoms with E-state index in [1.807, 2.05) is 42.6 Å². The van der Waals surface area contributed by atoms with E-state index in [0.717, 1.165) is 23.0 Å². The highest BCUT2D eigenvalue weighted by Gasteiger charge is 2.47. The number of aromatic nitrogens is 6. The van der Waals surface area contributed by atoms with Gasteiger partial charge in [-0.2, -0.15) is 0 Å². The minimum atomic E-state index is -0.872. The van der Waals surface area contributed by atoms with E-state index in [9.17, 15) is 9.59 Å². The molecule has 2 aromatic heterocycles. The van der Waals surface area contributed by atoms with Crippen LogP contribution in [0.25, 0.3) is 5.69 Å². The lowest BCUT2D eigenvalue weighted by Gasteiger charge is -2.41. The van der Waals surface area contributed by atoms with E-state index in [1.165, 1.54) is 4.68 Å². The van der Waals surface area contributed by atoms with Crippen LogP contribution < -0.4 is 11.4 Å². The summed E-state index contributed by atoms with van der Waals surface area (Å²) in [6, 6.07) is 18.5. The van der Waals surface area contributed by atoms with Crippen LogP contribution in [0.4, 0.5) is 0 Å². The Morgan fingerprint density at radius 3 is 2.52 bits per heavy atom. The average molecular weight is 447 g/mol. The molecular weight excluding hydrogens is 420 g/mol.